The lowest BCUT2D eigenvalue weighted by atomic mass is 10.0. The molecule has 0 atom stereocenters. The molecule has 0 saturated heterocycles. The van der Waals surface area contributed by atoms with Crippen molar-refractivity contribution in [1.82, 2.24) is 4.98 Å². The second-order valence-electron chi connectivity index (χ2n) is 5.15. The Balaban J connectivity index is 2.15. The van der Waals surface area contributed by atoms with E-state index in [-0.39, 0.29) is 5.82 Å². The van der Waals surface area contributed by atoms with E-state index in [1.807, 2.05) is 18.2 Å². The highest BCUT2D eigenvalue weighted by Crippen LogP contribution is 2.34. The lowest BCUT2D eigenvalue weighted by Crippen LogP contribution is -2.00. The van der Waals surface area contributed by atoms with E-state index in [2.05, 4.69) is 19.9 Å². The van der Waals surface area contributed by atoms with E-state index >= 15 is 0 Å². The van der Waals surface area contributed by atoms with Crippen molar-refractivity contribution in [3.8, 4) is 11.5 Å². The number of nitrogens with zero attached hydrogens (tertiary/aromatic N) is 1. The molecule has 22 heavy (non-hydrogen) atoms. The average Bonchev–Trinajstić information content (AvgIpc) is 2.56. The molecule has 0 saturated carbocycles. The number of hydrogen-bond acceptors (Lipinski definition) is 2. The normalized spacial score (nSPS) is 10.9. The SMILES string of the molecule is CCc1nc2ccccc2c(CC)c1Oc1ccc(F)cc1. The molecular formula is C19H18FNO. The molecule has 0 unspecified atom stereocenters. The van der Waals surface area contributed by atoms with Gasteiger partial charge in [0.25, 0.3) is 0 Å². The Morgan fingerprint density at radius 2 is 1.68 bits per heavy atom. The number of para-hydroxylation sites is 1. The van der Waals surface area contributed by atoms with Gasteiger partial charge in [-0.15, -0.1) is 0 Å². The van der Waals surface area contributed by atoms with Crippen LogP contribution < -0.4 is 4.74 Å². The van der Waals surface area contributed by atoms with Gasteiger partial charge in [-0.3, -0.25) is 0 Å². The Bertz CT molecular complexity index is 796. The summed E-state index contributed by atoms with van der Waals surface area (Å²) in [6.45, 7) is 4.17. The summed E-state index contributed by atoms with van der Waals surface area (Å²) >= 11 is 0. The minimum atomic E-state index is -0.268. The first-order chi connectivity index (χ1) is 10.7. The standard InChI is InChI=1S/C19H18FNO/c1-3-15-16-7-5-6-8-18(16)21-17(4-2)19(15)22-14-11-9-13(20)10-12-14/h5-12H,3-4H2,1-2H3. The number of hydrogen-bond donors (Lipinski definition) is 0. The molecule has 0 aliphatic rings. The maximum absolute atomic E-state index is 13.1. The van der Waals surface area contributed by atoms with Crippen LogP contribution in [0.2, 0.25) is 0 Å². The lowest BCUT2D eigenvalue weighted by Gasteiger charge is -2.16. The van der Waals surface area contributed by atoms with Crippen LogP contribution in [-0.2, 0) is 12.8 Å². The number of benzene rings is 2. The molecule has 0 aliphatic carbocycles. The number of aryl methyl sites for hydroxylation is 2. The van der Waals surface area contributed by atoms with Crippen molar-refractivity contribution >= 4 is 10.9 Å². The molecule has 3 aromatic rings. The van der Waals surface area contributed by atoms with E-state index < -0.39 is 0 Å². The third-order valence-corrected chi connectivity index (χ3v) is 3.74. The molecule has 3 rings (SSSR count). The summed E-state index contributed by atoms with van der Waals surface area (Å²) in [4.78, 5) is 4.72. The summed E-state index contributed by atoms with van der Waals surface area (Å²) in [6, 6.07) is 14.2. The fourth-order valence-electron chi connectivity index (χ4n) is 2.65. The molecule has 1 aromatic heterocycles. The molecule has 112 valence electrons. The fraction of sp³-hybridized carbons (Fsp3) is 0.211. The summed E-state index contributed by atoms with van der Waals surface area (Å²) in [7, 11) is 0. The zero-order valence-corrected chi connectivity index (χ0v) is 12.8. The van der Waals surface area contributed by atoms with Gasteiger partial charge >= 0.3 is 0 Å². The zero-order valence-electron chi connectivity index (χ0n) is 12.8. The van der Waals surface area contributed by atoms with Crippen LogP contribution in [0.15, 0.2) is 48.5 Å². The van der Waals surface area contributed by atoms with Crippen molar-refractivity contribution in [2.24, 2.45) is 0 Å². The average molecular weight is 295 g/mol. The monoisotopic (exact) mass is 295 g/mol. The first-order valence-corrected chi connectivity index (χ1v) is 7.56. The highest BCUT2D eigenvalue weighted by molar-refractivity contribution is 5.85. The van der Waals surface area contributed by atoms with Gasteiger partial charge in [-0.2, -0.15) is 0 Å². The van der Waals surface area contributed by atoms with Gasteiger partial charge in [0.15, 0.2) is 5.75 Å². The summed E-state index contributed by atoms with van der Waals surface area (Å²) in [6.07, 6.45) is 1.64. The quantitative estimate of drug-likeness (QED) is 0.652. The van der Waals surface area contributed by atoms with Crippen molar-refractivity contribution in [1.29, 1.82) is 0 Å². The van der Waals surface area contributed by atoms with Crippen LogP contribution in [0.5, 0.6) is 11.5 Å². The maximum atomic E-state index is 13.1. The van der Waals surface area contributed by atoms with Gasteiger partial charge in [0, 0.05) is 10.9 Å². The predicted molar refractivity (Wildman–Crippen MR) is 87.0 cm³/mol. The van der Waals surface area contributed by atoms with E-state index in [0.29, 0.717) is 5.75 Å². The van der Waals surface area contributed by atoms with Crippen molar-refractivity contribution < 1.29 is 9.13 Å². The van der Waals surface area contributed by atoms with E-state index in [4.69, 9.17) is 9.72 Å². The minimum Gasteiger partial charge on any atom is -0.455 e. The Kier molecular flexibility index (Phi) is 4.05. The van der Waals surface area contributed by atoms with Gasteiger partial charge in [0.1, 0.15) is 11.6 Å². The van der Waals surface area contributed by atoms with E-state index in [1.54, 1.807) is 12.1 Å². The van der Waals surface area contributed by atoms with Gasteiger partial charge in [0.05, 0.1) is 11.2 Å². The van der Waals surface area contributed by atoms with Crippen LogP contribution in [0.3, 0.4) is 0 Å². The Morgan fingerprint density at radius 3 is 2.36 bits per heavy atom. The van der Waals surface area contributed by atoms with Crippen LogP contribution in [0.1, 0.15) is 25.1 Å². The smallest absolute Gasteiger partial charge is 0.152 e. The molecular weight excluding hydrogens is 277 g/mol. The summed E-state index contributed by atoms with van der Waals surface area (Å²) in [5, 5.41) is 1.11. The first-order valence-electron chi connectivity index (χ1n) is 7.56. The number of fused-ring (bicyclic) bond motifs is 1. The molecule has 0 bridgehead atoms. The van der Waals surface area contributed by atoms with Crippen molar-refractivity contribution in [3.05, 3.63) is 65.6 Å². The molecule has 2 nitrogen and oxygen atoms in total. The molecule has 0 amide bonds. The molecule has 0 N–H and O–H groups in total. The first kappa shape index (κ1) is 14.5. The van der Waals surface area contributed by atoms with Crippen LogP contribution in [0.25, 0.3) is 10.9 Å². The molecule has 0 aliphatic heterocycles. The second-order valence-corrected chi connectivity index (χ2v) is 5.15. The van der Waals surface area contributed by atoms with Gasteiger partial charge in [0.2, 0.25) is 0 Å². The summed E-state index contributed by atoms with van der Waals surface area (Å²) < 4.78 is 19.1. The van der Waals surface area contributed by atoms with Gasteiger partial charge in [-0.05, 0) is 43.2 Å². The number of halogens is 1. The maximum Gasteiger partial charge on any atom is 0.152 e. The lowest BCUT2D eigenvalue weighted by molar-refractivity contribution is 0.467. The Labute approximate surface area is 129 Å². The van der Waals surface area contributed by atoms with Crippen LogP contribution in [0, 0.1) is 5.82 Å². The van der Waals surface area contributed by atoms with E-state index in [1.165, 1.54) is 12.1 Å². The highest BCUT2D eigenvalue weighted by Gasteiger charge is 2.15. The number of pyridine rings is 1. The van der Waals surface area contributed by atoms with E-state index in [0.717, 1.165) is 40.8 Å². The summed E-state index contributed by atoms with van der Waals surface area (Å²) in [5.41, 5.74) is 3.06. The van der Waals surface area contributed by atoms with Crippen LogP contribution >= 0.6 is 0 Å². The number of aromatic nitrogens is 1. The van der Waals surface area contributed by atoms with Gasteiger partial charge in [-0.1, -0.05) is 32.0 Å². The fourth-order valence-corrected chi connectivity index (χ4v) is 2.65. The molecule has 0 fully saturated rings. The van der Waals surface area contributed by atoms with Crippen molar-refractivity contribution in [3.63, 3.8) is 0 Å². The Hall–Kier alpha value is -2.42. The topological polar surface area (TPSA) is 22.1 Å². The van der Waals surface area contributed by atoms with Crippen LogP contribution in [0.4, 0.5) is 4.39 Å². The summed E-state index contributed by atoms with van der Waals surface area (Å²) in [5.74, 6) is 1.16. The largest absolute Gasteiger partial charge is 0.455 e. The van der Waals surface area contributed by atoms with Gasteiger partial charge < -0.3 is 4.74 Å². The van der Waals surface area contributed by atoms with Gasteiger partial charge in [-0.25, -0.2) is 9.37 Å². The molecule has 0 radical (unpaired) electrons. The predicted octanol–water partition coefficient (Wildman–Crippen LogP) is 5.29. The van der Waals surface area contributed by atoms with Crippen LogP contribution in [-0.4, -0.2) is 4.98 Å². The molecule has 1 heterocycles. The van der Waals surface area contributed by atoms with Crippen molar-refractivity contribution in [2.45, 2.75) is 26.7 Å². The van der Waals surface area contributed by atoms with Crippen molar-refractivity contribution in [2.75, 3.05) is 0 Å². The zero-order chi connectivity index (χ0) is 15.5. The number of rotatable bonds is 4. The third kappa shape index (κ3) is 2.67. The third-order valence-electron chi connectivity index (χ3n) is 3.74. The molecule has 3 heteroatoms. The highest BCUT2D eigenvalue weighted by atomic mass is 19.1. The van der Waals surface area contributed by atoms with E-state index in [9.17, 15) is 4.39 Å². The number of ether oxygens (including phenoxy) is 1. The second kappa shape index (κ2) is 6.14. The minimum absolute atomic E-state index is 0.268. The molecule has 0 spiro atoms. The molecule has 2 aromatic carbocycles. The Morgan fingerprint density at radius 1 is 0.955 bits per heavy atom.